The van der Waals surface area contributed by atoms with Gasteiger partial charge in [0.1, 0.15) is 0 Å². The average Bonchev–Trinajstić information content (AvgIpc) is 1.57. The molecule has 8 heteroatoms. The minimum atomic E-state index is -1.57. The Labute approximate surface area is 660 Å². The Bertz CT molecular complexity index is 2850. The molecule has 4 aromatic rings. The van der Waals surface area contributed by atoms with Crippen LogP contribution in [0.15, 0.2) is 97.1 Å². The van der Waals surface area contributed by atoms with Crippen LogP contribution in [-0.4, -0.2) is 16.1 Å². The van der Waals surface area contributed by atoms with Crippen LogP contribution in [0.3, 0.4) is 0 Å². The van der Waals surface area contributed by atoms with Crippen molar-refractivity contribution in [3.63, 3.8) is 0 Å². The third-order valence-electron chi connectivity index (χ3n) is 28.8. The molecule has 8 fully saturated rings. The molecule has 0 aliphatic heterocycles. The second-order valence-electron chi connectivity index (χ2n) is 39.6. The van der Waals surface area contributed by atoms with Crippen molar-refractivity contribution in [1.82, 2.24) is 0 Å². The minimum absolute atomic E-state index is 0. The van der Waals surface area contributed by atoms with E-state index in [0.29, 0.717) is 0 Å². The van der Waals surface area contributed by atoms with Crippen molar-refractivity contribution in [2.75, 3.05) is 0 Å². The molecule has 100 heavy (non-hydrogen) atoms. The third kappa shape index (κ3) is 19.9. The van der Waals surface area contributed by atoms with Crippen LogP contribution >= 0.6 is 34.1 Å². The predicted molar refractivity (Wildman–Crippen MR) is 447 cm³/mol. The average molecular weight is 1630 g/mol. The van der Waals surface area contributed by atoms with Crippen LogP contribution < -0.4 is 0 Å². The summed E-state index contributed by atoms with van der Waals surface area (Å²) in [6, 6.07) is 39.9. The van der Waals surface area contributed by atoms with Crippen LogP contribution in [0, 0.1) is 113 Å². The molecule has 4 aromatic carbocycles. The number of fused-ring (bicyclic) bond motifs is 4. The van der Waals surface area contributed by atoms with Crippen LogP contribution in [0.4, 0.5) is 0 Å². The maximum atomic E-state index is 4.93. The van der Waals surface area contributed by atoms with Gasteiger partial charge in [-0.05, 0) is 246 Å². The van der Waals surface area contributed by atoms with Crippen LogP contribution in [-0.2, 0) is 63.4 Å². The molecule has 0 aromatic heterocycles. The van der Waals surface area contributed by atoms with Gasteiger partial charge in [0.25, 0.3) is 0 Å². The Balaban J connectivity index is 0.000000322. The number of halogens is 4. The van der Waals surface area contributed by atoms with Crippen LogP contribution in [0.25, 0.3) is 0 Å². The summed E-state index contributed by atoms with van der Waals surface area (Å²) in [6.45, 7) is 55.7. The summed E-state index contributed by atoms with van der Waals surface area (Å²) in [5.41, 5.74) is 17.5. The van der Waals surface area contributed by atoms with Crippen LogP contribution in [0.5, 0.6) is 0 Å². The van der Waals surface area contributed by atoms with Gasteiger partial charge in [0.2, 0.25) is 0 Å². The van der Waals surface area contributed by atoms with Gasteiger partial charge in [-0.1, -0.05) is 299 Å². The SMILES string of the molecule is CC(C)C1CC2C(c3ccc(C(C)(C)C)cc3)CCCC2C1[Si](C)(C)C1C(C)CC2C(c3ccc(C(C)(C)C)cc3)CCCC21.CC(C)C1CC2C(c3ccc(C(C)(C)C)cc3)CCCC2C1[Si](C)(C)C1C(C)CC2C(c3ccc(C(C)(C)C)cc3)CCCC21.[CH3-].[CH3-].[CH3-].[CH3-].[Cl][Zr+2][Cl].[Cl][Zr+2][Cl]. The second-order valence-corrected chi connectivity index (χ2v) is 57.0. The standard InChI is InChI=1S/2C44H68Si.4CH3.4ClH.2Zr/c2*1-28(2)38-27-40-35(31-20-24-33(25-21-31)44(7,8)9)15-13-17-37(40)42(38)45(10,11)41-29(3)26-39-34(14-12-16-36(39)41)30-18-22-32(23-19-30)43(4,5)6;;;;;;;;;;/h2*18-25,28-29,34-42H,12-17,26-27H2,1-11H3;4*1H3;4*1H;;/q;;4*-1;;;;;2*+4/p-4. The summed E-state index contributed by atoms with van der Waals surface area (Å²) in [7, 11) is 16.6. The summed E-state index contributed by atoms with van der Waals surface area (Å²) in [6.07, 6.45) is 23.4. The second kappa shape index (κ2) is 37.3. The molecule has 8 aliphatic carbocycles. The summed E-state index contributed by atoms with van der Waals surface area (Å²) in [5, 5.41) is 0. The molecule has 0 saturated heterocycles. The normalized spacial score (nSPS) is 32.4. The van der Waals surface area contributed by atoms with E-state index in [2.05, 4.69) is 248 Å². The van der Waals surface area contributed by atoms with E-state index in [1.54, 1.807) is 22.3 Å². The summed E-state index contributed by atoms with van der Waals surface area (Å²) >= 11 is -1.65. The van der Waals surface area contributed by atoms with Crippen molar-refractivity contribution < 1.29 is 41.7 Å². The zero-order chi connectivity index (χ0) is 70.4. The first-order valence-electron chi connectivity index (χ1n) is 39.3. The van der Waals surface area contributed by atoms with Gasteiger partial charge in [-0.2, -0.15) is 0 Å². The predicted octanol–water partition coefficient (Wildman–Crippen LogP) is 30.8. The van der Waals surface area contributed by atoms with Crippen molar-refractivity contribution in [3.05, 3.63) is 171 Å². The quantitative estimate of drug-likeness (QED) is 0.110. The van der Waals surface area contributed by atoms with E-state index >= 15 is 0 Å². The molecule has 0 spiro atoms. The number of rotatable bonds is 10. The first-order chi connectivity index (χ1) is 45.0. The first kappa shape index (κ1) is 90.9. The Morgan fingerprint density at radius 1 is 0.310 bits per heavy atom. The molecule has 0 bridgehead atoms. The van der Waals surface area contributed by atoms with Crippen molar-refractivity contribution in [3.8, 4) is 0 Å². The van der Waals surface area contributed by atoms with Gasteiger partial charge in [-0.15, -0.1) is 0 Å². The molecular weight excluding hydrogens is 1490 g/mol. The van der Waals surface area contributed by atoms with E-state index in [1.165, 1.54) is 125 Å². The van der Waals surface area contributed by atoms with E-state index in [-0.39, 0.29) is 51.4 Å². The monoisotopic (exact) mass is 1630 g/mol. The van der Waals surface area contributed by atoms with E-state index in [0.717, 1.165) is 129 Å². The molecule has 20 atom stereocenters. The van der Waals surface area contributed by atoms with Gasteiger partial charge in [-0.25, -0.2) is 0 Å². The molecule has 12 rings (SSSR count). The summed E-state index contributed by atoms with van der Waals surface area (Å²) < 4.78 is 0. The molecule has 0 nitrogen and oxygen atoms in total. The molecule has 0 heterocycles. The summed E-state index contributed by atoms with van der Waals surface area (Å²) in [4.78, 5) is 0. The molecule has 560 valence electrons. The van der Waals surface area contributed by atoms with Crippen molar-refractivity contribution in [2.24, 2.45) is 82.9 Å². The van der Waals surface area contributed by atoms with Gasteiger partial charge >= 0.3 is 75.7 Å². The Kier molecular flexibility index (Phi) is 33.9. The van der Waals surface area contributed by atoms with Crippen LogP contribution in [0.2, 0.25) is 48.4 Å². The van der Waals surface area contributed by atoms with Gasteiger partial charge in [0, 0.05) is 0 Å². The molecule has 0 radical (unpaired) electrons. The molecule has 0 amide bonds. The van der Waals surface area contributed by atoms with E-state index in [4.69, 9.17) is 34.1 Å². The van der Waals surface area contributed by atoms with E-state index in [1.807, 2.05) is 0 Å². The van der Waals surface area contributed by atoms with Crippen molar-refractivity contribution in [2.45, 2.75) is 321 Å². The zero-order valence-corrected chi connectivity index (χ0v) is 78.7. The van der Waals surface area contributed by atoms with Crippen LogP contribution in [0.1, 0.15) is 296 Å². The Morgan fingerprint density at radius 3 is 0.690 bits per heavy atom. The third-order valence-corrected chi connectivity index (χ3v) is 39.4. The van der Waals surface area contributed by atoms with Gasteiger partial charge in [0.05, 0.1) is 16.1 Å². The van der Waals surface area contributed by atoms with Crippen molar-refractivity contribution in [1.29, 1.82) is 0 Å². The van der Waals surface area contributed by atoms with Gasteiger partial charge < -0.3 is 29.7 Å². The topological polar surface area (TPSA) is 0 Å². The van der Waals surface area contributed by atoms with Gasteiger partial charge in [0.15, 0.2) is 0 Å². The number of hydrogen-bond donors (Lipinski definition) is 0. The van der Waals surface area contributed by atoms with Gasteiger partial charge in [-0.3, -0.25) is 0 Å². The Morgan fingerprint density at radius 2 is 0.500 bits per heavy atom. The number of benzene rings is 4. The first-order valence-corrected chi connectivity index (χ1v) is 58.3. The fourth-order valence-corrected chi connectivity index (χ4v) is 38.5. The Hall–Kier alpha value is 0.240. The molecular formula is C92H148Cl4Si2Zr2. The fraction of sp³-hybridized carbons (Fsp3) is 0.696. The van der Waals surface area contributed by atoms with Crippen molar-refractivity contribution >= 4 is 50.2 Å². The molecule has 8 saturated carbocycles. The molecule has 8 aliphatic rings. The van der Waals surface area contributed by atoms with E-state index < -0.39 is 57.8 Å². The molecule has 20 unspecified atom stereocenters. The fourth-order valence-electron chi connectivity index (χ4n) is 25.1. The van der Waals surface area contributed by atoms with E-state index in [9.17, 15) is 0 Å². The molecule has 0 N–H and O–H groups in total. The number of hydrogen-bond acceptors (Lipinski definition) is 0. The maximum absolute atomic E-state index is 4.93. The summed E-state index contributed by atoms with van der Waals surface area (Å²) in [5.74, 6) is 15.8. The zero-order valence-electron chi connectivity index (χ0n) is 68.8.